The molecular weight excluding hydrogens is 1030 g/mol. The van der Waals surface area contributed by atoms with Gasteiger partial charge in [-0.1, -0.05) is 253 Å². The summed E-state index contributed by atoms with van der Waals surface area (Å²) in [6, 6.07) is -0.837. The van der Waals surface area contributed by atoms with Crippen LogP contribution in [0.3, 0.4) is 0 Å². The molecule has 0 aromatic heterocycles. The van der Waals surface area contributed by atoms with Crippen LogP contribution < -0.4 is 5.32 Å². The van der Waals surface area contributed by atoms with Crippen LogP contribution in [0.2, 0.25) is 0 Å². The van der Waals surface area contributed by atoms with Crippen molar-refractivity contribution in [3.8, 4) is 0 Å². The average Bonchev–Trinajstić information content (AvgIpc) is 3.56. The minimum atomic E-state index is -1.58. The number of carbonyl (C=O) groups excluding carboxylic acids is 2. The molecule has 0 spiro atoms. The molecule has 1 fully saturated rings. The summed E-state index contributed by atoms with van der Waals surface area (Å²) in [6.07, 6.45) is 71.4. The second kappa shape index (κ2) is 59.6. The van der Waals surface area contributed by atoms with E-state index in [1.807, 2.05) is 6.08 Å². The van der Waals surface area contributed by atoms with Crippen molar-refractivity contribution in [3.63, 3.8) is 0 Å². The van der Waals surface area contributed by atoms with Crippen molar-refractivity contribution in [2.75, 3.05) is 19.8 Å². The Morgan fingerprint density at radius 3 is 1.33 bits per heavy atom. The number of hydrogen-bond acceptors (Lipinski definition) is 10. The monoisotopic (exact) mass is 1150 g/mol. The molecule has 6 N–H and O–H groups in total. The Morgan fingerprint density at radius 1 is 0.451 bits per heavy atom. The number of hydrogen-bond donors (Lipinski definition) is 6. The van der Waals surface area contributed by atoms with Gasteiger partial charge in [0.05, 0.1) is 32.0 Å². The molecular formula is C71H125NO10. The number of ether oxygens (including phenoxy) is 3. The average molecular weight is 1150 g/mol. The molecule has 0 aliphatic carbocycles. The number of nitrogens with one attached hydrogen (secondary N) is 1. The van der Waals surface area contributed by atoms with Gasteiger partial charge in [0.15, 0.2) is 6.29 Å². The Hall–Kier alpha value is -3.16. The fourth-order valence-electron chi connectivity index (χ4n) is 10.1. The zero-order chi connectivity index (χ0) is 59.5. The summed E-state index contributed by atoms with van der Waals surface area (Å²) in [6.45, 7) is 4.20. The summed E-state index contributed by atoms with van der Waals surface area (Å²) in [5.41, 5.74) is 0. The van der Waals surface area contributed by atoms with Crippen LogP contribution in [0.1, 0.15) is 290 Å². The molecule has 1 heterocycles. The van der Waals surface area contributed by atoms with Gasteiger partial charge in [0.2, 0.25) is 5.91 Å². The number of aliphatic hydroxyl groups is 5. The second-order valence-corrected chi connectivity index (χ2v) is 23.1. The van der Waals surface area contributed by atoms with Gasteiger partial charge >= 0.3 is 5.97 Å². The van der Waals surface area contributed by atoms with Crippen LogP contribution in [0.15, 0.2) is 85.1 Å². The molecule has 82 heavy (non-hydrogen) atoms. The molecule has 11 heteroatoms. The zero-order valence-corrected chi connectivity index (χ0v) is 52.4. The first-order valence-corrected chi connectivity index (χ1v) is 33.9. The molecule has 474 valence electrons. The third kappa shape index (κ3) is 48.1. The molecule has 1 saturated heterocycles. The maximum atomic E-state index is 13.0. The van der Waals surface area contributed by atoms with E-state index in [1.54, 1.807) is 6.08 Å². The lowest BCUT2D eigenvalue weighted by Gasteiger charge is -2.40. The van der Waals surface area contributed by atoms with Crippen molar-refractivity contribution in [1.29, 1.82) is 0 Å². The van der Waals surface area contributed by atoms with Crippen LogP contribution in [0, 0.1) is 0 Å². The van der Waals surface area contributed by atoms with Gasteiger partial charge in [0.1, 0.15) is 24.4 Å². The van der Waals surface area contributed by atoms with Crippen LogP contribution in [-0.2, 0) is 23.8 Å². The van der Waals surface area contributed by atoms with E-state index in [4.69, 9.17) is 14.2 Å². The number of allylic oxidation sites excluding steroid dienone is 13. The standard InChI is InChI=1S/C71H125NO10/c1-3-5-7-9-11-13-15-34-39-43-47-51-55-59-67(76)80-60-56-52-48-44-40-36-33-31-29-27-25-23-21-19-17-18-20-22-24-26-28-30-32-35-38-42-46-50-54-58-66(75)72-63(62-81-71-70(79)69(78)68(77)65(61-73)82-71)64(74)57-53-49-45-41-37-16-14-12-10-8-6-4-2/h7,9-10,12-13,15,17,19,23,25,37,41,53,57,63-65,68-71,73-74,77-79H,3-6,8,11,14,16,18,20-22,24,26-36,38-40,42-52,54-56,58-62H2,1-2H3,(H,72,75)/b9-7-,12-10+,15-13-,19-17-,25-23-,41-37+,57-53+. The fourth-order valence-corrected chi connectivity index (χ4v) is 10.1. The van der Waals surface area contributed by atoms with Crippen LogP contribution >= 0.6 is 0 Å². The second-order valence-electron chi connectivity index (χ2n) is 23.1. The highest BCUT2D eigenvalue weighted by atomic mass is 16.7. The molecule has 0 bridgehead atoms. The molecule has 11 nitrogen and oxygen atoms in total. The Kier molecular flexibility index (Phi) is 55.8. The van der Waals surface area contributed by atoms with E-state index in [9.17, 15) is 35.1 Å². The first kappa shape index (κ1) is 76.9. The number of esters is 1. The minimum Gasteiger partial charge on any atom is -0.466 e. The number of rotatable bonds is 58. The summed E-state index contributed by atoms with van der Waals surface area (Å²) < 4.78 is 16.7. The predicted octanol–water partition coefficient (Wildman–Crippen LogP) is 16.9. The van der Waals surface area contributed by atoms with Gasteiger partial charge in [-0.15, -0.1) is 0 Å². The van der Waals surface area contributed by atoms with Crippen LogP contribution in [0.4, 0.5) is 0 Å². The lowest BCUT2D eigenvalue weighted by atomic mass is 9.99. The summed E-state index contributed by atoms with van der Waals surface area (Å²) in [5.74, 6) is -0.213. The SMILES string of the molecule is CCC/C=C\C/C=C\CCCCCCCC(=O)OCCCCCCCCCCC/C=C\C/C=C\CCCCCCCCCCCCCCCC(=O)NC(COC1OC(CO)C(O)C(O)C1O)C(O)/C=C/CC/C=C/CC/C=C/CCCC. The van der Waals surface area contributed by atoms with Crippen molar-refractivity contribution in [2.45, 2.75) is 333 Å². The molecule has 1 aliphatic rings. The largest absolute Gasteiger partial charge is 0.466 e. The van der Waals surface area contributed by atoms with E-state index in [2.05, 4.69) is 92.1 Å². The van der Waals surface area contributed by atoms with E-state index in [0.29, 0.717) is 19.4 Å². The summed E-state index contributed by atoms with van der Waals surface area (Å²) in [4.78, 5) is 25.1. The topological polar surface area (TPSA) is 175 Å². The molecule has 7 atom stereocenters. The fraction of sp³-hybridized carbons (Fsp3) is 0.775. The Labute approximate surface area is 502 Å². The van der Waals surface area contributed by atoms with Crippen molar-refractivity contribution in [1.82, 2.24) is 5.32 Å². The van der Waals surface area contributed by atoms with E-state index < -0.39 is 49.5 Å². The van der Waals surface area contributed by atoms with Crippen LogP contribution in [0.25, 0.3) is 0 Å². The molecule has 0 saturated carbocycles. The third-order valence-corrected chi connectivity index (χ3v) is 15.4. The Bertz CT molecular complexity index is 1640. The van der Waals surface area contributed by atoms with Gasteiger partial charge in [-0.2, -0.15) is 0 Å². The molecule has 1 amide bonds. The van der Waals surface area contributed by atoms with Gasteiger partial charge in [0, 0.05) is 12.8 Å². The lowest BCUT2D eigenvalue weighted by Crippen LogP contribution is -2.60. The number of unbranched alkanes of at least 4 members (excludes halogenated alkanes) is 32. The van der Waals surface area contributed by atoms with Crippen molar-refractivity contribution < 1.29 is 49.3 Å². The van der Waals surface area contributed by atoms with E-state index in [-0.39, 0.29) is 18.5 Å². The van der Waals surface area contributed by atoms with Gasteiger partial charge in [-0.3, -0.25) is 9.59 Å². The molecule has 1 aliphatic heterocycles. The van der Waals surface area contributed by atoms with Crippen LogP contribution in [0.5, 0.6) is 0 Å². The molecule has 1 rings (SSSR count). The highest BCUT2D eigenvalue weighted by Gasteiger charge is 2.44. The van der Waals surface area contributed by atoms with Crippen molar-refractivity contribution in [3.05, 3.63) is 85.1 Å². The summed E-state index contributed by atoms with van der Waals surface area (Å²) in [7, 11) is 0. The summed E-state index contributed by atoms with van der Waals surface area (Å²) in [5, 5.41) is 54.4. The smallest absolute Gasteiger partial charge is 0.305 e. The minimum absolute atomic E-state index is 0.0135. The maximum Gasteiger partial charge on any atom is 0.305 e. The van der Waals surface area contributed by atoms with E-state index in [1.165, 1.54) is 167 Å². The van der Waals surface area contributed by atoms with Crippen molar-refractivity contribution >= 4 is 11.9 Å². The summed E-state index contributed by atoms with van der Waals surface area (Å²) >= 11 is 0. The first-order chi connectivity index (χ1) is 40.2. The predicted molar refractivity (Wildman–Crippen MR) is 342 cm³/mol. The quantitative estimate of drug-likeness (QED) is 0.0195. The molecule has 0 aromatic rings. The Morgan fingerprint density at radius 2 is 0.854 bits per heavy atom. The van der Waals surface area contributed by atoms with Gasteiger partial charge in [-0.05, 0) is 109 Å². The highest BCUT2D eigenvalue weighted by molar-refractivity contribution is 5.76. The van der Waals surface area contributed by atoms with Gasteiger partial charge in [-0.25, -0.2) is 0 Å². The number of carbonyl (C=O) groups is 2. The van der Waals surface area contributed by atoms with E-state index in [0.717, 1.165) is 96.3 Å². The van der Waals surface area contributed by atoms with Crippen molar-refractivity contribution in [2.24, 2.45) is 0 Å². The molecule has 0 radical (unpaired) electrons. The Balaban J connectivity index is 2.00. The normalized spacial score (nSPS) is 18.7. The zero-order valence-electron chi connectivity index (χ0n) is 52.4. The highest BCUT2D eigenvalue weighted by Crippen LogP contribution is 2.23. The first-order valence-electron chi connectivity index (χ1n) is 33.9. The van der Waals surface area contributed by atoms with E-state index >= 15 is 0 Å². The number of amides is 1. The van der Waals surface area contributed by atoms with Gasteiger partial charge in [0.25, 0.3) is 0 Å². The van der Waals surface area contributed by atoms with Crippen LogP contribution in [-0.4, -0.2) is 100 Å². The lowest BCUT2D eigenvalue weighted by molar-refractivity contribution is -0.302. The third-order valence-electron chi connectivity index (χ3n) is 15.4. The number of aliphatic hydroxyl groups excluding tert-OH is 5. The van der Waals surface area contributed by atoms with Gasteiger partial charge < -0.3 is 45.1 Å². The maximum absolute atomic E-state index is 13.0. The molecule has 0 aromatic carbocycles. The molecule has 7 unspecified atom stereocenters.